The topological polar surface area (TPSA) is 68.3 Å². The predicted octanol–water partition coefficient (Wildman–Crippen LogP) is 2.47. The van der Waals surface area contributed by atoms with E-state index in [0.717, 1.165) is 22.8 Å². The predicted molar refractivity (Wildman–Crippen MR) is 70.7 cm³/mol. The van der Waals surface area contributed by atoms with Crippen LogP contribution in [-0.4, -0.2) is 11.7 Å². The Kier molecular flexibility index (Phi) is 5.58. The molecule has 3 N–H and O–H groups in total. The summed E-state index contributed by atoms with van der Waals surface area (Å²) < 4.78 is 5.47. The van der Waals surface area contributed by atoms with Gasteiger partial charge in [0, 0.05) is 5.56 Å². The lowest BCUT2D eigenvalue weighted by atomic mass is 10.2. The molecule has 1 heterocycles. The minimum atomic E-state index is -0.374. The van der Waals surface area contributed by atoms with E-state index in [1.807, 2.05) is 24.8 Å². The first kappa shape index (κ1) is 14.1. The fraction of sp³-hybridized carbons (Fsp3) is 0.583. The molecule has 1 aromatic heterocycles. The summed E-state index contributed by atoms with van der Waals surface area (Å²) in [6, 6.07) is 1.90. The third-order valence-corrected chi connectivity index (χ3v) is 3.94. The smallest absolute Gasteiger partial charge is 0.301 e. The number of hydrogen-bond acceptors (Lipinski definition) is 4. The number of hydrogen-bond donors (Lipinski definition) is 2. The summed E-state index contributed by atoms with van der Waals surface area (Å²) in [7, 11) is 0. The number of nitrogen functional groups attached to an aromatic ring is 1. The number of aryl methyl sites for hydroxylation is 1. The first-order chi connectivity index (χ1) is 8.08. The molecule has 1 rings (SSSR count). The zero-order chi connectivity index (χ0) is 12.8. The molecule has 0 radical (unpaired) electrons. The van der Waals surface area contributed by atoms with Crippen LogP contribution < -0.4 is 11.3 Å². The van der Waals surface area contributed by atoms with Crippen LogP contribution in [0.5, 0.6) is 0 Å². The van der Waals surface area contributed by atoms with Crippen molar-refractivity contribution in [3.05, 3.63) is 23.2 Å². The maximum absolute atomic E-state index is 11.3. The van der Waals surface area contributed by atoms with Gasteiger partial charge in [-0.3, -0.25) is 10.2 Å². The third-order valence-electron chi connectivity index (χ3n) is 2.65. The number of nitrogens with two attached hydrogens (primary N) is 1. The summed E-state index contributed by atoms with van der Waals surface area (Å²) in [5.74, 6) is 8.45. The van der Waals surface area contributed by atoms with Gasteiger partial charge in [-0.25, -0.2) is 5.84 Å². The van der Waals surface area contributed by atoms with Crippen LogP contribution in [0.3, 0.4) is 0 Å². The van der Waals surface area contributed by atoms with Crippen molar-refractivity contribution < 1.29 is 9.21 Å². The molecule has 4 nitrogen and oxygen atoms in total. The second-order valence-corrected chi connectivity index (χ2v) is 5.26. The van der Waals surface area contributed by atoms with E-state index < -0.39 is 0 Å². The summed E-state index contributed by atoms with van der Waals surface area (Å²) in [5.41, 5.74) is 2.91. The summed E-state index contributed by atoms with van der Waals surface area (Å²) >= 11 is 1.82. The first-order valence-electron chi connectivity index (χ1n) is 5.76. The van der Waals surface area contributed by atoms with Gasteiger partial charge in [-0.15, -0.1) is 0 Å². The largest absolute Gasteiger partial charge is 0.455 e. The monoisotopic (exact) mass is 256 g/mol. The second kappa shape index (κ2) is 6.71. The van der Waals surface area contributed by atoms with Gasteiger partial charge in [0.1, 0.15) is 5.76 Å². The van der Waals surface area contributed by atoms with E-state index in [1.54, 1.807) is 0 Å². The number of carbonyl (C=O) groups is 1. The van der Waals surface area contributed by atoms with Gasteiger partial charge in [0.05, 0.1) is 5.75 Å². The number of nitrogens with one attached hydrogen (secondary N) is 1. The molecule has 0 spiro atoms. The Labute approximate surface area is 106 Å². The molecule has 17 heavy (non-hydrogen) atoms. The SMILES string of the molecule is CCC(C)CSCc1cc(C)c(C(=O)NN)o1. The van der Waals surface area contributed by atoms with Crippen LogP contribution in [0.15, 0.2) is 10.5 Å². The Hall–Kier alpha value is -0.940. The minimum Gasteiger partial charge on any atom is -0.455 e. The average molecular weight is 256 g/mol. The molecule has 1 atom stereocenters. The highest BCUT2D eigenvalue weighted by molar-refractivity contribution is 7.98. The van der Waals surface area contributed by atoms with Crippen LogP contribution in [-0.2, 0) is 5.75 Å². The molecule has 0 saturated heterocycles. The molecule has 1 aromatic rings. The number of amides is 1. The fourth-order valence-corrected chi connectivity index (χ4v) is 2.49. The molecular formula is C12H20N2O2S. The molecule has 1 amide bonds. The first-order valence-corrected chi connectivity index (χ1v) is 6.91. The van der Waals surface area contributed by atoms with Gasteiger partial charge >= 0.3 is 5.91 Å². The zero-order valence-corrected chi connectivity index (χ0v) is 11.4. The van der Waals surface area contributed by atoms with Crippen molar-refractivity contribution in [3.63, 3.8) is 0 Å². The van der Waals surface area contributed by atoms with E-state index in [9.17, 15) is 4.79 Å². The Morgan fingerprint density at radius 3 is 2.94 bits per heavy atom. The standard InChI is InChI=1S/C12H20N2O2S/c1-4-8(2)6-17-7-10-5-9(3)11(16-10)12(15)14-13/h5,8H,4,6-7,13H2,1-3H3,(H,14,15). The average Bonchev–Trinajstić information content (AvgIpc) is 2.69. The van der Waals surface area contributed by atoms with Gasteiger partial charge in [0.25, 0.3) is 0 Å². The van der Waals surface area contributed by atoms with Crippen molar-refractivity contribution in [2.75, 3.05) is 5.75 Å². The normalized spacial score (nSPS) is 12.5. The maximum atomic E-state index is 11.3. The molecule has 0 bridgehead atoms. The molecule has 0 saturated carbocycles. The van der Waals surface area contributed by atoms with Crippen molar-refractivity contribution in [3.8, 4) is 0 Å². The Morgan fingerprint density at radius 2 is 2.35 bits per heavy atom. The number of thioether (sulfide) groups is 1. The van der Waals surface area contributed by atoms with Gasteiger partial charge in [-0.2, -0.15) is 11.8 Å². The summed E-state index contributed by atoms with van der Waals surface area (Å²) in [5, 5.41) is 0. The van der Waals surface area contributed by atoms with Crippen LogP contribution in [0.25, 0.3) is 0 Å². The van der Waals surface area contributed by atoms with E-state index in [4.69, 9.17) is 10.3 Å². The maximum Gasteiger partial charge on any atom is 0.301 e. The third kappa shape index (κ3) is 4.09. The molecule has 0 aliphatic heterocycles. The van der Waals surface area contributed by atoms with Gasteiger partial charge < -0.3 is 4.42 Å². The van der Waals surface area contributed by atoms with E-state index in [2.05, 4.69) is 19.3 Å². The highest BCUT2D eigenvalue weighted by atomic mass is 32.2. The highest BCUT2D eigenvalue weighted by Gasteiger charge is 2.14. The van der Waals surface area contributed by atoms with Crippen molar-refractivity contribution in [1.82, 2.24) is 5.43 Å². The number of carbonyl (C=O) groups excluding carboxylic acids is 1. The van der Waals surface area contributed by atoms with Crippen LogP contribution in [0.1, 0.15) is 42.1 Å². The molecular weight excluding hydrogens is 236 g/mol. The van der Waals surface area contributed by atoms with E-state index >= 15 is 0 Å². The molecule has 0 aromatic carbocycles. The highest BCUT2D eigenvalue weighted by Crippen LogP contribution is 2.21. The van der Waals surface area contributed by atoms with Crippen molar-refractivity contribution in [2.45, 2.75) is 32.9 Å². The van der Waals surface area contributed by atoms with Crippen molar-refractivity contribution in [1.29, 1.82) is 0 Å². The summed E-state index contributed by atoms with van der Waals surface area (Å²) in [4.78, 5) is 11.3. The lowest BCUT2D eigenvalue weighted by molar-refractivity contribution is 0.0923. The second-order valence-electron chi connectivity index (χ2n) is 4.23. The lowest BCUT2D eigenvalue weighted by Gasteiger charge is -2.05. The number of hydrazine groups is 1. The summed E-state index contributed by atoms with van der Waals surface area (Å²) in [6.45, 7) is 6.26. The molecule has 0 aliphatic rings. The minimum absolute atomic E-state index is 0.312. The van der Waals surface area contributed by atoms with Gasteiger partial charge in [0.2, 0.25) is 0 Å². The van der Waals surface area contributed by atoms with Crippen LogP contribution in [0.4, 0.5) is 0 Å². The van der Waals surface area contributed by atoms with Gasteiger partial charge in [-0.1, -0.05) is 20.3 Å². The van der Waals surface area contributed by atoms with Crippen molar-refractivity contribution >= 4 is 17.7 Å². The molecule has 0 fully saturated rings. The molecule has 96 valence electrons. The molecule has 1 unspecified atom stereocenters. The van der Waals surface area contributed by atoms with Crippen LogP contribution >= 0.6 is 11.8 Å². The lowest BCUT2D eigenvalue weighted by Crippen LogP contribution is -2.30. The summed E-state index contributed by atoms with van der Waals surface area (Å²) in [6.07, 6.45) is 1.19. The van der Waals surface area contributed by atoms with E-state index in [-0.39, 0.29) is 5.91 Å². The number of rotatable bonds is 6. The van der Waals surface area contributed by atoms with E-state index in [1.165, 1.54) is 6.42 Å². The zero-order valence-electron chi connectivity index (χ0n) is 10.6. The van der Waals surface area contributed by atoms with E-state index in [0.29, 0.717) is 11.7 Å². The van der Waals surface area contributed by atoms with Crippen molar-refractivity contribution in [2.24, 2.45) is 11.8 Å². The quantitative estimate of drug-likeness (QED) is 0.466. The Balaban J connectivity index is 2.53. The Bertz CT molecular complexity index is 377. The van der Waals surface area contributed by atoms with Gasteiger partial charge in [-0.05, 0) is 24.7 Å². The van der Waals surface area contributed by atoms with Crippen LogP contribution in [0, 0.1) is 12.8 Å². The Morgan fingerprint density at radius 1 is 1.65 bits per heavy atom. The molecule has 5 heteroatoms. The number of furan rings is 1. The fourth-order valence-electron chi connectivity index (χ4n) is 1.39. The molecule has 0 aliphatic carbocycles. The van der Waals surface area contributed by atoms with Crippen LogP contribution in [0.2, 0.25) is 0 Å². The van der Waals surface area contributed by atoms with Gasteiger partial charge in [0.15, 0.2) is 5.76 Å².